The molecule has 1 saturated heterocycles. The van der Waals surface area contributed by atoms with Crippen LogP contribution in [0.25, 0.3) is 11.1 Å². The second-order valence-electron chi connectivity index (χ2n) is 8.77. The highest BCUT2D eigenvalue weighted by Gasteiger charge is 2.46. The monoisotopic (exact) mass is 524 g/mol. The van der Waals surface area contributed by atoms with Crippen molar-refractivity contribution in [2.45, 2.75) is 29.9 Å². The highest BCUT2D eigenvalue weighted by atomic mass is 32.2. The normalized spacial score (nSPS) is 15.1. The van der Waals surface area contributed by atoms with Gasteiger partial charge in [-0.2, -0.15) is 4.72 Å². The van der Waals surface area contributed by atoms with Crippen LogP contribution >= 0.6 is 0 Å². The molecule has 0 spiro atoms. The number of hydrogen-bond donors (Lipinski definition) is 2. The standard InChI is InChI=1S/C27H28N2O7S/c1-35-23-11-7-21(8-12-23)22-9-13-24(14-10-22)37(33,34)28-27(25(30)31)15-17-29(18-16-27)26(32)36-19-20-5-3-2-4-6-20/h2-14,28H,15-19H2,1H3,(H,30,31). The fraction of sp³-hybridized carbons (Fsp3) is 0.259. The molecule has 0 radical (unpaired) electrons. The van der Waals surface area contributed by atoms with Crippen LogP contribution in [0.15, 0.2) is 83.8 Å². The van der Waals surface area contributed by atoms with Crippen LogP contribution in [-0.4, -0.2) is 56.2 Å². The number of nitrogens with zero attached hydrogens (tertiary/aromatic N) is 1. The van der Waals surface area contributed by atoms with Crippen molar-refractivity contribution in [3.8, 4) is 16.9 Å². The van der Waals surface area contributed by atoms with Gasteiger partial charge in [0.05, 0.1) is 12.0 Å². The molecule has 1 amide bonds. The third-order valence-electron chi connectivity index (χ3n) is 6.41. The third kappa shape index (κ3) is 6.10. The number of nitrogens with one attached hydrogen (secondary N) is 1. The Morgan fingerprint density at radius 1 is 0.919 bits per heavy atom. The molecule has 3 aromatic carbocycles. The molecular weight excluding hydrogens is 496 g/mol. The molecule has 1 aliphatic heterocycles. The molecule has 2 N–H and O–H groups in total. The van der Waals surface area contributed by atoms with Crippen LogP contribution in [0.3, 0.4) is 0 Å². The minimum absolute atomic E-state index is 0.0405. The van der Waals surface area contributed by atoms with Crippen molar-refractivity contribution >= 4 is 22.1 Å². The largest absolute Gasteiger partial charge is 0.497 e. The smallest absolute Gasteiger partial charge is 0.410 e. The number of aliphatic carboxylic acids is 1. The number of carbonyl (C=O) groups is 2. The van der Waals surface area contributed by atoms with Gasteiger partial charge in [0, 0.05) is 13.1 Å². The number of sulfonamides is 1. The van der Waals surface area contributed by atoms with Gasteiger partial charge >= 0.3 is 12.1 Å². The van der Waals surface area contributed by atoms with Crippen molar-refractivity contribution < 1.29 is 32.6 Å². The SMILES string of the molecule is COc1ccc(-c2ccc(S(=O)(=O)NC3(C(=O)O)CCN(C(=O)OCc4ccccc4)CC3)cc2)cc1. The summed E-state index contributed by atoms with van der Waals surface area (Å²) in [4.78, 5) is 26.0. The van der Waals surface area contributed by atoms with Crippen LogP contribution in [0.5, 0.6) is 5.75 Å². The lowest BCUT2D eigenvalue weighted by molar-refractivity contribution is -0.146. The quantitative estimate of drug-likeness (QED) is 0.458. The molecule has 3 aromatic rings. The number of carboxylic acid groups (broad SMARTS) is 1. The number of piperidine rings is 1. The average Bonchev–Trinajstić information content (AvgIpc) is 2.92. The van der Waals surface area contributed by atoms with E-state index in [1.165, 1.54) is 17.0 Å². The number of hydrogen-bond acceptors (Lipinski definition) is 6. The number of carboxylic acids is 1. The molecule has 4 rings (SSSR count). The minimum atomic E-state index is -4.14. The van der Waals surface area contributed by atoms with Crippen molar-refractivity contribution in [3.05, 3.63) is 84.4 Å². The molecule has 0 aromatic heterocycles. The van der Waals surface area contributed by atoms with Gasteiger partial charge in [-0.3, -0.25) is 4.79 Å². The van der Waals surface area contributed by atoms with E-state index in [4.69, 9.17) is 9.47 Å². The van der Waals surface area contributed by atoms with Crippen LogP contribution in [0.2, 0.25) is 0 Å². The van der Waals surface area contributed by atoms with Crippen molar-refractivity contribution in [1.29, 1.82) is 0 Å². The summed E-state index contributed by atoms with van der Waals surface area (Å²) >= 11 is 0. The number of amides is 1. The van der Waals surface area contributed by atoms with Crippen LogP contribution in [0.4, 0.5) is 4.79 Å². The van der Waals surface area contributed by atoms with Crippen LogP contribution in [0.1, 0.15) is 18.4 Å². The van der Waals surface area contributed by atoms with E-state index in [0.29, 0.717) is 5.75 Å². The first-order chi connectivity index (χ1) is 17.7. The number of ether oxygens (including phenoxy) is 2. The Bertz CT molecular complexity index is 1330. The van der Waals surface area contributed by atoms with Gasteiger partial charge in [-0.25, -0.2) is 13.2 Å². The maximum Gasteiger partial charge on any atom is 0.410 e. The molecule has 0 aliphatic carbocycles. The Morgan fingerprint density at radius 3 is 2.03 bits per heavy atom. The number of methoxy groups -OCH3 is 1. The topological polar surface area (TPSA) is 122 Å². The van der Waals surface area contributed by atoms with E-state index in [9.17, 15) is 23.1 Å². The van der Waals surface area contributed by atoms with Crippen molar-refractivity contribution in [3.63, 3.8) is 0 Å². The first kappa shape index (κ1) is 26.2. The summed E-state index contributed by atoms with van der Waals surface area (Å²) in [5.74, 6) is -0.579. The minimum Gasteiger partial charge on any atom is -0.497 e. The first-order valence-electron chi connectivity index (χ1n) is 11.7. The lowest BCUT2D eigenvalue weighted by Gasteiger charge is -2.38. The highest BCUT2D eigenvalue weighted by molar-refractivity contribution is 7.89. The van der Waals surface area contributed by atoms with E-state index in [2.05, 4.69) is 4.72 Å². The van der Waals surface area contributed by atoms with E-state index >= 15 is 0 Å². The van der Waals surface area contributed by atoms with E-state index < -0.39 is 27.6 Å². The third-order valence-corrected chi connectivity index (χ3v) is 7.96. The Morgan fingerprint density at radius 2 is 1.49 bits per heavy atom. The van der Waals surface area contributed by atoms with Crippen molar-refractivity contribution in [2.24, 2.45) is 0 Å². The molecule has 9 nitrogen and oxygen atoms in total. The summed E-state index contributed by atoms with van der Waals surface area (Å²) in [5, 5.41) is 9.94. The van der Waals surface area contributed by atoms with Gasteiger partial charge < -0.3 is 19.5 Å². The van der Waals surface area contributed by atoms with E-state index in [0.717, 1.165) is 16.7 Å². The number of carbonyl (C=O) groups excluding carboxylic acids is 1. The van der Waals surface area contributed by atoms with Crippen LogP contribution < -0.4 is 9.46 Å². The summed E-state index contributed by atoms with van der Waals surface area (Å²) in [7, 11) is -2.57. The van der Waals surface area contributed by atoms with Crippen LogP contribution in [-0.2, 0) is 26.2 Å². The Labute approximate surface area is 215 Å². The molecule has 1 aliphatic rings. The summed E-state index contributed by atoms with van der Waals surface area (Å²) < 4.78 is 39.1. The number of benzene rings is 3. The lowest BCUT2D eigenvalue weighted by Crippen LogP contribution is -2.60. The lowest BCUT2D eigenvalue weighted by atomic mass is 9.89. The summed E-state index contributed by atoms with van der Waals surface area (Å²) in [6.45, 7) is 0.178. The fourth-order valence-corrected chi connectivity index (χ4v) is 5.59. The molecule has 1 heterocycles. The van der Waals surface area contributed by atoms with Gasteiger partial charge in [-0.1, -0.05) is 54.6 Å². The number of likely N-dealkylation sites (tertiary alicyclic amines) is 1. The van der Waals surface area contributed by atoms with Crippen molar-refractivity contribution in [2.75, 3.05) is 20.2 Å². The second kappa shape index (κ2) is 11.0. The van der Waals surface area contributed by atoms with E-state index in [1.807, 2.05) is 54.6 Å². The molecule has 0 atom stereocenters. The zero-order valence-electron chi connectivity index (χ0n) is 20.3. The van der Waals surface area contributed by atoms with Crippen molar-refractivity contribution in [1.82, 2.24) is 9.62 Å². The van der Waals surface area contributed by atoms with Gasteiger partial charge in [0.25, 0.3) is 0 Å². The Balaban J connectivity index is 1.41. The summed E-state index contributed by atoms with van der Waals surface area (Å²) in [5.41, 5.74) is 0.783. The summed E-state index contributed by atoms with van der Waals surface area (Å²) in [6.07, 6.45) is -0.752. The van der Waals surface area contributed by atoms with Gasteiger partial charge in [0.2, 0.25) is 10.0 Å². The molecular formula is C27H28N2O7S. The fourth-order valence-electron chi connectivity index (χ4n) is 4.17. The molecule has 0 bridgehead atoms. The Kier molecular flexibility index (Phi) is 7.80. The molecule has 0 unspecified atom stereocenters. The molecule has 10 heteroatoms. The molecule has 194 valence electrons. The van der Waals surface area contributed by atoms with Crippen LogP contribution in [0, 0.1) is 0 Å². The van der Waals surface area contributed by atoms with Gasteiger partial charge in [0.15, 0.2) is 0 Å². The maximum atomic E-state index is 13.1. The predicted molar refractivity (Wildman–Crippen MR) is 137 cm³/mol. The zero-order chi connectivity index (χ0) is 26.5. The first-order valence-corrected chi connectivity index (χ1v) is 13.2. The predicted octanol–water partition coefficient (Wildman–Crippen LogP) is 3.90. The molecule has 0 saturated carbocycles. The van der Waals surface area contributed by atoms with E-state index in [1.54, 1.807) is 19.2 Å². The van der Waals surface area contributed by atoms with Gasteiger partial charge in [-0.15, -0.1) is 0 Å². The second-order valence-corrected chi connectivity index (χ2v) is 10.5. The maximum absolute atomic E-state index is 13.1. The zero-order valence-corrected chi connectivity index (χ0v) is 21.1. The Hall–Kier alpha value is -3.89. The molecule has 37 heavy (non-hydrogen) atoms. The van der Waals surface area contributed by atoms with Gasteiger partial charge in [-0.05, 0) is 53.8 Å². The number of rotatable bonds is 8. The van der Waals surface area contributed by atoms with E-state index in [-0.39, 0.29) is 37.4 Å². The molecule has 1 fully saturated rings. The van der Waals surface area contributed by atoms with Gasteiger partial charge in [0.1, 0.15) is 17.9 Å². The highest BCUT2D eigenvalue weighted by Crippen LogP contribution is 2.28. The summed E-state index contributed by atoms with van der Waals surface area (Å²) in [6, 6.07) is 22.7. The average molecular weight is 525 g/mol.